The summed E-state index contributed by atoms with van der Waals surface area (Å²) in [6.07, 6.45) is 8.46. The highest BCUT2D eigenvalue weighted by Crippen LogP contribution is 2.23. The summed E-state index contributed by atoms with van der Waals surface area (Å²) in [7, 11) is 0. The van der Waals surface area contributed by atoms with Gasteiger partial charge in [0.15, 0.2) is 5.72 Å². The summed E-state index contributed by atoms with van der Waals surface area (Å²) < 4.78 is 0. The number of hydrogen-bond donors (Lipinski definition) is 3. The molecule has 1 unspecified atom stereocenters. The highest BCUT2D eigenvalue weighted by Gasteiger charge is 2.31. The zero-order valence-electron chi connectivity index (χ0n) is 17.5. The molecule has 0 saturated carbocycles. The van der Waals surface area contributed by atoms with Crippen LogP contribution in [0.15, 0.2) is 30.3 Å². The van der Waals surface area contributed by atoms with Gasteiger partial charge in [-0.05, 0) is 30.7 Å². The molecule has 3 N–H and O–H groups in total. The molecule has 0 aliphatic carbocycles. The van der Waals surface area contributed by atoms with Gasteiger partial charge >= 0.3 is 0 Å². The minimum atomic E-state index is -1.69. The molecule has 0 saturated heterocycles. The number of rotatable bonds is 10. The van der Waals surface area contributed by atoms with Crippen LogP contribution >= 0.6 is 0 Å². The molecule has 29 heavy (non-hydrogen) atoms. The Labute approximate surface area is 173 Å². The average Bonchev–Trinajstić information content (AvgIpc) is 2.69. The second-order valence-corrected chi connectivity index (χ2v) is 7.44. The molecule has 2 rings (SSSR count). The predicted octanol–water partition coefficient (Wildman–Crippen LogP) is 4.00. The quantitative estimate of drug-likeness (QED) is 0.322. The zero-order valence-corrected chi connectivity index (χ0v) is 17.5. The number of unbranched alkanes of at least 4 members (excludes halogenated alkanes) is 6. The van der Waals surface area contributed by atoms with Crippen LogP contribution in [0.1, 0.15) is 76.5 Å². The smallest absolute Gasteiger partial charge is 0.219 e. The van der Waals surface area contributed by atoms with E-state index in [4.69, 9.17) is 0 Å². The third kappa shape index (κ3) is 7.16. The second kappa shape index (κ2) is 11.5. The number of aliphatic hydroxyl groups excluding tert-OH is 1. The molecule has 0 aliphatic heterocycles. The van der Waals surface area contributed by atoms with E-state index in [1.165, 1.54) is 39.0 Å². The Balaban J connectivity index is 2.05. The van der Waals surface area contributed by atoms with Crippen LogP contribution in [0.25, 0.3) is 10.9 Å². The molecule has 2 aromatic rings. The van der Waals surface area contributed by atoms with E-state index in [0.717, 1.165) is 23.8 Å². The summed E-state index contributed by atoms with van der Waals surface area (Å²) in [5.74, 6) is 6.07. The van der Waals surface area contributed by atoms with Crippen LogP contribution < -0.4 is 5.32 Å². The highest BCUT2D eigenvalue weighted by molar-refractivity contribution is 5.80. The number of nitrogens with one attached hydrogen (secondary N) is 1. The van der Waals surface area contributed by atoms with E-state index in [0.29, 0.717) is 11.2 Å². The number of amides is 1. The van der Waals surface area contributed by atoms with Crippen molar-refractivity contribution in [3.63, 3.8) is 0 Å². The van der Waals surface area contributed by atoms with E-state index in [1.54, 1.807) is 6.07 Å². The van der Waals surface area contributed by atoms with E-state index in [2.05, 4.69) is 29.1 Å². The monoisotopic (exact) mass is 396 g/mol. The Bertz CT molecular complexity index is 869. The number of pyridine rings is 1. The molecule has 1 aromatic heterocycles. The lowest BCUT2D eigenvalue weighted by atomic mass is 10.0. The van der Waals surface area contributed by atoms with Crippen molar-refractivity contribution in [1.82, 2.24) is 10.3 Å². The maximum absolute atomic E-state index is 11.4. The summed E-state index contributed by atoms with van der Waals surface area (Å²) in [5, 5.41) is 23.4. The van der Waals surface area contributed by atoms with Crippen LogP contribution in [-0.4, -0.2) is 27.7 Å². The Morgan fingerprint density at radius 3 is 2.62 bits per heavy atom. The molecule has 156 valence electrons. The molecular weight excluding hydrogens is 364 g/mol. The lowest BCUT2D eigenvalue weighted by molar-refractivity contribution is -0.128. The second-order valence-electron chi connectivity index (χ2n) is 7.44. The van der Waals surface area contributed by atoms with Gasteiger partial charge in [-0.2, -0.15) is 0 Å². The van der Waals surface area contributed by atoms with Gasteiger partial charge in [-0.25, -0.2) is 4.98 Å². The standard InChI is InChI=1S/C24H32N2O3/c1-3-4-5-6-7-8-9-10-11-20-12-14-22-21(18-20)13-15-23(25-22)24(29,16-17-27)26-19(2)28/h12-15,18,27,29H,3-9,16-17H2,1-2H3,(H,26,28). The third-order valence-corrected chi connectivity index (χ3v) is 4.86. The fraction of sp³-hybridized carbons (Fsp3) is 0.500. The van der Waals surface area contributed by atoms with Gasteiger partial charge in [-0.15, -0.1) is 0 Å². The van der Waals surface area contributed by atoms with Crippen LogP contribution in [0.3, 0.4) is 0 Å². The Kier molecular flexibility index (Phi) is 9.11. The summed E-state index contributed by atoms with van der Waals surface area (Å²) in [6.45, 7) is 3.27. The van der Waals surface area contributed by atoms with Gasteiger partial charge in [0.2, 0.25) is 5.91 Å². The predicted molar refractivity (Wildman–Crippen MR) is 116 cm³/mol. The van der Waals surface area contributed by atoms with Crippen molar-refractivity contribution in [1.29, 1.82) is 0 Å². The summed E-state index contributed by atoms with van der Waals surface area (Å²) in [4.78, 5) is 15.9. The van der Waals surface area contributed by atoms with Crippen LogP contribution in [0.2, 0.25) is 0 Å². The van der Waals surface area contributed by atoms with Crippen molar-refractivity contribution in [2.75, 3.05) is 6.61 Å². The first-order valence-electron chi connectivity index (χ1n) is 10.5. The highest BCUT2D eigenvalue weighted by atomic mass is 16.3. The molecule has 0 fully saturated rings. The lowest BCUT2D eigenvalue weighted by Crippen LogP contribution is -2.46. The molecule has 1 amide bonds. The van der Waals surface area contributed by atoms with E-state index in [1.807, 2.05) is 24.3 Å². The molecule has 0 bridgehead atoms. The summed E-state index contributed by atoms with van der Waals surface area (Å²) in [6, 6.07) is 9.27. The first kappa shape index (κ1) is 22.9. The molecule has 1 heterocycles. The van der Waals surface area contributed by atoms with Crippen molar-refractivity contribution in [3.8, 4) is 11.8 Å². The fourth-order valence-corrected chi connectivity index (χ4v) is 3.30. The van der Waals surface area contributed by atoms with E-state index < -0.39 is 5.72 Å². The SMILES string of the molecule is CCCCCCCCC#Cc1ccc2nc(C(O)(CCO)NC(C)=O)ccc2c1. The summed E-state index contributed by atoms with van der Waals surface area (Å²) >= 11 is 0. The minimum Gasteiger partial charge on any atom is -0.396 e. The summed E-state index contributed by atoms with van der Waals surface area (Å²) in [5.41, 5.74) is 0.247. The topological polar surface area (TPSA) is 82.5 Å². The van der Waals surface area contributed by atoms with Crippen molar-refractivity contribution in [2.45, 2.75) is 70.9 Å². The molecule has 0 spiro atoms. The number of hydrogen-bond acceptors (Lipinski definition) is 4. The van der Waals surface area contributed by atoms with Crippen molar-refractivity contribution in [3.05, 3.63) is 41.6 Å². The Hall–Kier alpha value is -2.42. The Morgan fingerprint density at radius 1 is 1.14 bits per heavy atom. The number of aliphatic hydroxyl groups is 2. The van der Waals surface area contributed by atoms with Gasteiger partial charge in [-0.3, -0.25) is 4.79 Å². The largest absolute Gasteiger partial charge is 0.396 e. The molecular formula is C24H32N2O3. The number of fused-ring (bicyclic) bond motifs is 1. The molecule has 5 heteroatoms. The minimum absolute atomic E-state index is 0.0346. The Morgan fingerprint density at radius 2 is 1.90 bits per heavy atom. The van der Waals surface area contributed by atoms with Crippen molar-refractivity contribution >= 4 is 16.8 Å². The van der Waals surface area contributed by atoms with Gasteiger partial charge in [-0.1, -0.05) is 56.9 Å². The van der Waals surface area contributed by atoms with Crippen LogP contribution in [0.4, 0.5) is 0 Å². The van der Waals surface area contributed by atoms with Gasteiger partial charge in [0, 0.05) is 37.3 Å². The molecule has 1 aromatic carbocycles. The van der Waals surface area contributed by atoms with Gasteiger partial charge < -0.3 is 15.5 Å². The normalized spacial score (nSPS) is 12.8. The molecule has 1 atom stereocenters. The lowest BCUT2D eigenvalue weighted by Gasteiger charge is -2.27. The molecule has 0 radical (unpaired) electrons. The van der Waals surface area contributed by atoms with Gasteiger partial charge in [0.05, 0.1) is 11.2 Å². The zero-order chi connectivity index (χ0) is 21.1. The maximum atomic E-state index is 11.4. The molecule has 5 nitrogen and oxygen atoms in total. The van der Waals surface area contributed by atoms with Gasteiger partial charge in [0.25, 0.3) is 0 Å². The number of aromatic nitrogens is 1. The third-order valence-electron chi connectivity index (χ3n) is 4.86. The van der Waals surface area contributed by atoms with Crippen LogP contribution in [0.5, 0.6) is 0 Å². The van der Waals surface area contributed by atoms with Crippen molar-refractivity contribution < 1.29 is 15.0 Å². The number of carbonyl (C=O) groups is 1. The number of benzene rings is 1. The van der Waals surface area contributed by atoms with E-state index in [-0.39, 0.29) is 18.9 Å². The number of carbonyl (C=O) groups excluding carboxylic acids is 1. The van der Waals surface area contributed by atoms with E-state index in [9.17, 15) is 15.0 Å². The first-order chi connectivity index (χ1) is 14.0. The van der Waals surface area contributed by atoms with Crippen LogP contribution in [0, 0.1) is 11.8 Å². The van der Waals surface area contributed by atoms with Gasteiger partial charge in [0.1, 0.15) is 0 Å². The van der Waals surface area contributed by atoms with Crippen molar-refractivity contribution in [2.24, 2.45) is 0 Å². The number of nitrogens with zero attached hydrogens (tertiary/aromatic N) is 1. The first-order valence-corrected chi connectivity index (χ1v) is 10.5. The maximum Gasteiger partial charge on any atom is 0.219 e. The average molecular weight is 397 g/mol. The van der Waals surface area contributed by atoms with E-state index >= 15 is 0 Å². The fourth-order valence-electron chi connectivity index (χ4n) is 3.30. The van der Waals surface area contributed by atoms with Crippen LogP contribution in [-0.2, 0) is 10.5 Å². The molecule has 0 aliphatic rings.